The van der Waals surface area contributed by atoms with Gasteiger partial charge in [0.25, 0.3) is 0 Å². The van der Waals surface area contributed by atoms with Gasteiger partial charge in [0.05, 0.1) is 16.9 Å². The number of alkyl halides is 3. The molecule has 0 atom stereocenters. The van der Waals surface area contributed by atoms with E-state index in [1.54, 1.807) is 12.1 Å². The lowest BCUT2D eigenvalue weighted by Gasteiger charge is -2.12. The number of rotatable bonds is 5. The largest absolute Gasteiger partial charge is 0.416 e. The third kappa shape index (κ3) is 5.10. The van der Waals surface area contributed by atoms with Gasteiger partial charge >= 0.3 is 12.2 Å². The van der Waals surface area contributed by atoms with Gasteiger partial charge in [0, 0.05) is 11.4 Å². The molecule has 2 N–H and O–H groups in total. The van der Waals surface area contributed by atoms with E-state index in [9.17, 15) is 18.0 Å². The van der Waals surface area contributed by atoms with Crippen molar-refractivity contribution >= 4 is 28.7 Å². The van der Waals surface area contributed by atoms with Gasteiger partial charge in [-0.3, -0.25) is 0 Å². The van der Waals surface area contributed by atoms with Crippen LogP contribution in [0.4, 0.5) is 29.3 Å². The van der Waals surface area contributed by atoms with E-state index in [-0.39, 0.29) is 5.69 Å². The Labute approximate surface area is 178 Å². The van der Waals surface area contributed by atoms with Crippen molar-refractivity contribution in [2.75, 3.05) is 10.6 Å². The molecule has 31 heavy (non-hydrogen) atoms. The van der Waals surface area contributed by atoms with E-state index in [2.05, 4.69) is 20.8 Å². The molecule has 0 aliphatic heterocycles. The van der Waals surface area contributed by atoms with Crippen molar-refractivity contribution in [1.82, 2.24) is 10.1 Å². The van der Waals surface area contributed by atoms with Crippen LogP contribution in [0.25, 0.3) is 10.7 Å². The van der Waals surface area contributed by atoms with Crippen LogP contribution in [-0.4, -0.2) is 16.2 Å². The molecule has 10 heteroatoms. The Balaban J connectivity index is 1.43. The molecule has 0 aliphatic rings. The highest BCUT2D eigenvalue weighted by Gasteiger charge is 2.30. The summed E-state index contributed by atoms with van der Waals surface area (Å²) in [6.45, 7) is 0. The summed E-state index contributed by atoms with van der Waals surface area (Å²) in [6, 6.07) is 14.5. The summed E-state index contributed by atoms with van der Waals surface area (Å²) < 4.78 is 43.3. The van der Waals surface area contributed by atoms with Crippen molar-refractivity contribution in [3.8, 4) is 10.7 Å². The van der Waals surface area contributed by atoms with Gasteiger partial charge in [-0.1, -0.05) is 29.4 Å². The van der Waals surface area contributed by atoms with Crippen LogP contribution in [-0.2, 0) is 12.6 Å². The molecule has 0 saturated carbocycles. The number of urea groups is 1. The number of hydrogen-bond acceptors (Lipinski definition) is 5. The van der Waals surface area contributed by atoms with Crippen LogP contribution in [0, 0.1) is 0 Å². The number of nitrogens with zero attached hydrogens (tertiary/aromatic N) is 2. The lowest BCUT2D eigenvalue weighted by atomic mass is 10.1. The molecule has 2 aromatic heterocycles. The summed E-state index contributed by atoms with van der Waals surface area (Å²) in [4.78, 5) is 17.6. The standard InChI is InChI=1S/C21H15F3N4O2S/c22-21(23,24)14-7-9-15(10-8-14)25-20(29)26-16-5-2-1-4-13(16)12-18-27-19(28-30-18)17-6-3-11-31-17/h1-11H,12H2,(H2,25,26,29). The molecular weight excluding hydrogens is 429 g/mol. The molecular formula is C21H15F3N4O2S. The van der Waals surface area contributed by atoms with E-state index in [1.807, 2.05) is 29.6 Å². The predicted molar refractivity (Wildman–Crippen MR) is 111 cm³/mol. The Morgan fingerprint density at radius 3 is 2.48 bits per heavy atom. The van der Waals surface area contributed by atoms with Gasteiger partial charge in [-0.2, -0.15) is 18.2 Å². The second-order valence-electron chi connectivity index (χ2n) is 6.48. The van der Waals surface area contributed by atoms with Gasteiger partial charge in [-0.05, 0) is 47.3 Å². The number of amides is 2. The summed E-state index contributed by atoms with van der Waals surface area (Å²) in [5.41, 5.74) is 0.708. The number of nitrogens with one attached hydrogen (secondary N) is 2. The fraction of sp³-hybridized carbons (Fsp3) is 0.0952. The lowest BCUT2D eigenvalue weighted by molar-refractivity contribution is -0.137. The molecule has 0 spiro atoms. The van der Waals surface area contributed by atoms with E-state index in [4.69, 9.17) is 4.52 Å². The number of carbonyl (C=O) groups excluding carboxylic acids is 1. The average Bonchev–Trinajstić information content (AvgIpc) is 3.41. The van der Waals surface area contributed by atoms with E-state index in [0.29, 0.717) is 23.8 Å². The first-order valence-corrected chi connectivity index (χ1v) is 9.96. The minimum absolute atomic E-state index is 0.237. The minimum atomic E-state index is -4.43. The maximum atomic E-state index is 12.7. The Kier molecular flexibility index (Phi) is 5.72. The molecule has 6 nitrogen and oxygen atoms in total. The van der Waals surface area contributed by atoms with Crippen molar-refractivity contribution in [2.24, 2.45) is 0 Å². The number of para-hydroxylation sites is 1. The Morgan fingerprint density at radius 1 is 1.00 bits per heavy atom. The SMILES string of the molecule is O=C(Nc1ccc(C(F)(F)F)cc1)Nc1ccccc1Cc1nc(-c2cccs2)no1. The molecule has 0 saturated heterocycles. The summed E-state index contributed by atoms with van der Waals surface area (Å²) in [6.07, 6.45) is -4.13. The predicted octanol–water partition coefficient (Wildman–Crippen LogP) is 6.05. The van der Waals surface area contributed by atoms with Gasteiger partial charge in [-0.25, -0.2) is 4.79 Å². The molecule has 2 heterocycles. The first-order chi connectivity index (χ1) is 14.9. The van der Waals surface area contributed by atoms with E-state index in [0.717, 1.165) is 22.6 Å². The highest BCUT2D eigenvalue weighted by atomic mass is 32.1. The Bertz CT molecular complexity index is 1170. The van der Waals surface area contributed by atoms with Crippen LogP contribution in [0.5, 0.6) is 0 Å². The fourth-order valence-electron chi connectivity index (χ4n) is 2.82. The maximum absolute atomic E-state index is 12.7. The van der Waals surface area contributed by atoms with Crippen LogP contribution in [0.1, 0.15) is 17.0 Å². The molecule has 2 amide bonds. The highest BCUT2D eigenvalue weighted by molar-refractivity contribution is 7.13. The van der Waals surface area contributed by atoms with Gasteiger partial charge in [0.1, 0.15) is 0 Å². The lowest BCUT2D eigenvalue weighted by Crippen LogP contribution is -2.20. The maximum Gasteiger partial charge on any atom is 0.416 e. The third-order valence-corrected chi connectivity index (χ3v) is 5.15. The van der Waals surface area contributed by atoms with Crippen LogP contribution in [0.3, 0.4) is 0 Å². The van der Waals surface area contributed by atoms with Gasteiger partial charge in [0.2, 0.25) is 11.7 Å². The van der Waals surface area contributed by atoms with E-state index < -0.39 is 17.8 Å². The molecule has 4 rings (SSSR count). The number of hydrogen-bond donors (Lipinski definition) is 2. The van der Waals surface area contributed by atoms with Gasteiger partial charge in [0.15, 0.2) is 0 Å². The highest BCUT2D eigenvalue weighted by Crippen LogP contribution is 2.30. The molecule has 158 valence electrons. The first kappa shape index (κ1) is 20.6. The number of benzene rings is 2. The average molecular weight is 444 g/mol. The van der Waals surface area contributed by atoms with Crippen molar-refractivity contribution in [3.05, 3.63) is 83.1 Å². The van der Waals surface area contributed by atoms with Crippen LogP contribution >= 0.6 is 11.3 Å². The fourth-order valence-corrected chi connectivity index (χ4v) is 3.47. The van der Waals surface area contributed by atoms with Crippen molar-refractivity contribution in [2.45, 2.75) is 12.6 Å². The Morgan fingerprint density at radius 2 is 1.77 bits per heavy atom. The molecule has 0 radical (unpaired) electrons. The number of aromatic nitrogens is 2. The number of anilines is 2. The van der Waals surface area contributed by atoms with E-state index >= 15 is 0 Å². The van der Waals surface area contributed by atoms with E-state index in [1.165, 1.54) is 23.5 Å². The number of halogens is 3. The molecule has 0 bridgehead atoms. The second-order valence-corrected chi connectivity index (χ2v) is 7.42. The van der Waals surface area contributed by atoms with Gasteiger partial charge in [-0.15, -0.1) is 11.3 Å². The van der Waals surface area contributed by atoms with Crippen molar-refractivity contribution < 1.29 is 22.5 Å². The first-order valence-electron chi connectivity index (χ1n) is 9.08. The summed E-state index contributed by atoms with van der Waals surface area (Å²) in [7, 11) is 0. The quantitative estimate of drug-likeness (QED) is 0.393. The topological polar surface area (TPSA) is 80.0 Å². The monoisotopic (exact) mass is 444 g/mol. The van der Waals surface area contributed by atoms with Crippen molar-refractivity contribution in [1.29, 1.82) is 0 Å². The Hall–Kier alpha value is -3.66. The molecule has 0 unspecified atom stereocenters. The third-order valence-electron chi connectivity index (χ3n) is 4.29. The zero-order valence-electron chi connectivity index (χ0n) is 15.8. The van der Waals surface area contributed by atoms with Crippen molar-refractivity contribution in [3.63, 3.8) is 0 Å². The number of thiophene rings is 1. The van der Waals surface area contributed by atoms with Crippen LogP contribution < -0.4 is 10.6 Å². The summed E-state index contributed by atoms with van der Waals surface area (Å²) in [5, 5.41) is 11.1. The summed E-state index contributed by atoms with van der Waals surface area (Å²) >= 11 is 1.50. The molecule has 4 aromatic rings. The second kappa shape index (κ2) is 8.60. The summed E-state index contributed by atoms with van der Waals surface area (Å²) in [5.74, 6) is 0.885. The zero-order chi connectivity index (χ0) is 21.8. The normalized spacial score (nSPS) is 11.3. The van der Waals surface area contributed by atoms with Crippen LogP contribution in [0.2, 0.25) is 0 Å². The van der Waals surface area contributed by atoms with Gasteiger partial charge < -0.3 is 15.2 Å². The number of carbonyl (C=O) groups is 1. The minimum Gasteiger partial charge on any atom is -0.339 e. The smallest absolute Gasteiger partial charge is 0.339 e. The molecule has 0 aliphatic carbocycles. The molecule has 0 fully saturated rings. The molecule has 2 aromatic carbocycles. The zero-order valence-corrected chi connectivity index (χ0v) is 16.6. The van der Waals surface area contributed by atoms with Crippen LogP contribution in [0.15, 0.2) is 70.6 Å².